The number of methoxy groups -OCH3 is 2. The van der Waals surface area contributed by atoms with Crippen LogP contribution in [0.5, 0.6) is 0 Å². The predicted octanol–water partition coefficient (Wildman–Crippen LogP) is 5.83. The number of esters is 2. The van der Waals surface area contributed by atoms with Gasteiger partial charge in [-0.25, -0.2) is 4.79 Å². The second-order valence-corrected chi connectivity index (χ2v) is 8.35. The van der Waals surface area contributed by atoms with Gasteiger partial charge in [-0.2, -0.15) is 0 Å². The van der Waals surface area contributed by atoms with Gasteiger partial charge in [0.25, 0.3) is 0 Å². The minimum Gasteiger partial charge on any atom is -0.469 e. The Hall–Kier alpha value is -3.12. The average molecular weight is 470 g/mol. The second-order valence-electron chi connectivity index (χ2n) is 7.91. The first-order valence-corrected chi connectivity index (χ1v) is 11.3. The standard InChI is InChI=1S/C26H28ClNO5/c1-31-24(29)18-26(25(30)32-2)17-22(28-33-26)13-9-4-3-6-12-20-14-15-21(27)16-23(20)19-10-7-5-8-11-19/h5-8,10-12,14-16H,3-4,9,13,17-18H2,1-2H3/b12-6+. The molecule has 0 aromatic heterocycles. The zero-order valence-corrected chi connectivity index (χ0v) is 19.6. The van der Waals surface area contributed by atoms with Crippen molar-refractivity contribution < 1.29 is 23.9 Å². The lowest BCUT2D eigenvalue weighted by molar-refractivity contribution is -0.173. The molecule has 0 spiro atoms. The van der Waals surface area contributed by atoms with Gasteiger partial charge in [-0.3, -0.25) is 4.79 Å². The van der Waals surface area contributed by atoms with Gasteiger partial charge in [-0.1, -0.05) is 65.3 Å². The number of hydrogen-bond donors (Lipinski definition) is 0. The molecule has 33 heavy (non-hydrogen) atoms. The fourth-order valence-electron chi connectivity index (χ4n) is 3.79. The molecule has 0 fully saturated rings. The molecule has 1 aliphatic heterocycles. The monoisotopic (exact) mass is 469 g/mol. The molecule has 0 aliphatic carbocycles. The number of carbonyl (C=O) groups is 2. The molecule has 2 aromatic carbocycles. The summed E-state index contributed by atoms with van der Waals surface area (Å²) in [6.07, 6.45) is 7.69. The lowest BCUT2D eigenvalue weighted by atomic mass is 9.92. The Labute approximate surface area is 199 Å². The summed E-state index contributed by atoms with van der Waals surface area (Å²) in [6, 6.07) is 16.1. The van der Waals surface area contributed by atoms with Gasteiger partial charge in [0.2, 0.25) is 5.60 Å². The molecule has 7 heteroatoms. The normalized spacial score (nSPS) is 17.5. The summed E-state index contributed by atoms with van der Waals surface area (Å²) in [5.41, 5.74) is 2.67. The minimum atomic E-state index is -1.42. The molecule has 1 heterocycles. The third-order valence-corrected chi connectivity index (χ3v) is 5.77. The molecular formula is C26H28ClNO5. The van der Waals surface area contributed by atoms with Crippen molar-refractivity contribution >= 4 is 35.3 Å². The van der Waals surface area contributed by atoms with E-state index in [-0.39, 0.29) is 12.8 Å². The van der Waals surface area contributed by atoms with Crippen molar-refractivity contribution in [1.29, 1.82) is 0 Å². The topological polar surface area (TPSA) is 74.2 Å². The molecule has 174 valence electrons. The summed E-state index contributed by atoms with van der Waals surface area (Å²) in [5.74, 6) is -1.16. The highest BCUT2D eigenvalue weighted by Crippen LogP contribution is 2.31. The number of ether oxygens (including phenoxy) is 2. The molecule has 0 amide bonds. The molecule has 0 saturated heterocycles. The summed E-state index contributed by atoms with van der Waals surface area (Å²) < 4.78 is 9.50. The summed E-state index contributed by atoms with van der Waals surface area (Å²) >= 11 is 6.22. The summed E-state index contributed by atoms with van der Waals surface area (Å²) in [6.45, 7) is 0. The zero-order chi connectivity index (χ0) is 23.7. The molecule has 0 saturated carbocycles. The van der Waals surface area contributed by atoms with Crippen LogP contribution in [-0.2, 0) is 23.9 Å². The van der Waals surface area contributed by atoms with Crippen LogP contribution in [-0.4, -0.2) is 37.5 Å². The number of benzene rings is 2. The smallest absolute Gasteiger partial charge is 0.354 e. The lowest BCUT2D eigenvalue weighted by Crippen LogP contribution is -2.42. The first-order chi connectivity index (χ1) is 16.0. The van der Waals surface area contributed by atoms with Crippen LogP contribution >= 0.6 is 11.6 Å². The van der Waals surface area contributed by atoms with Crippen molar-refractivity contribution in [3.05, 3.63) is 65.2 Å². The Kier molecular flexibility index (Phi) is 8.66. The van der Waals surface area contributed by atoms with E-state index >= 15 is 0 Å². The van der Waals surface area contributed by atoms with E-state index in [1.54, 1.807) is 0 Å². The Morgan fingerprint density at radius 3 is 2.64 bits per heavy atom. The van der Waals surface area contributed by atoms with Gasteiger partial charge in [0.05, 0.1) is 26.4 Å². The van der Waals surface area contributed by atoms with Crippen LogP contribution in [0.25, 0.3) is 17.2 Å². The van der Waals surface area contributed by atoms with Crippen LogP contribution in [0.2, 0.25) is 5.02 Å². The molecule has 6 nitrogen and oxygen atoms in total. The maximum atomic E-state index is 12.2. The SMILES string of the molecule is COC(=O)CC1(C(=O)OC)CC(CCCC/C=C/c2ccc(Cl)cc2-c2ccccc2)=NO1. The maximum Gasteiger partial charge on any atom is 0.354 e. The Morgan fingerprint density at radius 2 is 1.91 bits per heavy atom. The van der Waals surface area contributed by atoms with E-state index in [4.69, 9.17) is 21.2 Å². The van der Waals surface area contributed by atoms with Crippen molar-refractivity contribution in [2.45, 2.75) is 44.1 Å². The van der Waals surface area contributed by atoms with Gasteiger partial charge in [0.15, 0.2) is 0 Å². The van der Waals surface area contributed by atoms with Crippen molar-refractivity contribution in [2.75, 3.05) is 14.2 Å². The number of hydrogen-bond acceptors (Lipinski definition) is 6. The van der Waals surface area contributed by atoms with Gasteiger partial charge in [0, 0.05) is 11.4 Å². The first-order valence-electron chi connectivity index (χ1n) is 10.9. The van der Waals surface area contributed by atoms with E-state index < -0.39 is 17.5 Å². The van der Waals surface area contributed by atoms with E-state index in [9.17, 15) is 9.59 Å². The number of unbranched alkanes of at least 4 members (excludes halogenated alkanes) is 2. The van der Waals surface area contributed by atoms with E-state index in [2.05, 4.69) is 34.2 Å². The van der Waals surface area contributed by atoms with E-state index in [0.29, 0.717) is 11.4 Å². The first kappa shape index (κ1) is 24.5. The maximum absolute atomic E-state index is 12.2. The van der Waals surface area contributed by atoms with Crippen molar-refractivity contribution in [1.82, 2.24) is 0 Å². The van der Waals surface area contributed by atoms with Crippen molar-refractivity contribution in [3.8, 4) is 11.1 Å². The molecule has 0 radical (unpaired) electrons. The molecule has 1 atom stereocenters. The quantitative estimate of drug-likeness (QED) is 0.323. The fraction of sp³-hybridized carbons (Fsp3) is 0.346. The number of oxime groups is 1. The molecule has 1 unspecified atom stereocenters. The Morgan fingerprint density at radius 1 is 1.12 bits per heavy atom. The summed E-state index contributed by atoms with van der Waals surface area (Å²) in [5, 5.41) is 4.75. The van der Waals surface area contributed by atoms with Crippen molar-refractivity contribution in [3.63, 3.8) is 0 Å². The van der Waals surface area contributed by atoms with Crippen molar-refractivity contribution in [2.24, 2.45) is 5.16 Å². The minimum absolute atomic E-state index is 0.225. The van der Waals surface area contributed by atoms with Crippen LogP contribution in [0.4, 0.5) is 0 Å². The molecule has 2 aromatic rings. The van der Waals surface area contributed by atoms with Gasteiger partial charge in [0.1, 0.15) is 0 Å². The van der Waals surface area contributed by atoms with Crippen LogP contribution in [0.1, 0.15) is 44.1 Å². The fourth-order valence-corrected chi connectivity index (χ4v) is 3.96. The Balaban J connectivity index is 1.51. The summed E-state index contributed by atoms with van der Waals surface area (Å²) in [7, 11) is 2.53. The largest absolute Gasteiger partial charge is 0.469 e. The van der Waals surface area contributed by atoms with Crippen LogP contribution < -0.4 is 0 Å². The van der Waals surface area contributed by atoms with Gasteiger partial charge >= 0.3 is 11.9 Å². The highest BCUT2D eigenvalue weighted by molar-refractivity contribution is 6.31. The Bertz CT molecular complexity index is 1030. The average Bonchev–Trinajstić information content (AvgIpc) is 3.25. The van der Waals surface area contributed by atoms with Crippen LogP contribution in [0.15, 0.2) is 59.8 Å². The third-order valence-electron chi connectivity index (χ3n) is 5.54. The predicted molar refractivity (Wildman–Crippen MR) is 129 cm³/mol. The molecule has 0 N–H and O–H groups in total. The summed E-state index contributed by atoms with van der Waals surface area (Å²) in [4.78, 5) is 29.3. The van der Waals surface area contributed by atoms with Gasteiger partial charge in [-0.15, -0.1) is 0 Å². The van der Waals surface area contributed by atoms with Crippen LogP contribution in [0, 0.1) is 0 Å². The second kappa shape index (κ2) is 11.7. The highest BCUT2D eigenvalue weighted by atomic mass is 35.5. The van der Waals surface area contributed by atoms with Crippen LogP contribution in [0.3, 0.4) is 0 Å². The third kappa shape index (κ3) is 6.45. The van der Waals surface area contributed by atoms with Gasteiger partial charge < -0.3 is 14.3 Å². The number of rotatable bonds is 10. The molecule has 1 aliphatic rings. The van der Waals surface area contributed by atoms with E-state index in [1.807, 2.05) is 36.4 Å². The van der Waals surface area contributed by atoms with Gasteiger partial charge in [-0.05, 0) is 54.5 Å². The number of nitrogens with zero attached hydrogens (tertiary/aromatic N) is 1. The van der Waals surface area contributed by atoms with E-state index in [1.165, 1.54) is 14.2 Å². The number of allylic oxidation sites excluding steroid dienone is 1. The zero-order valence-electron chi connectivity index (χ0n) is 18.9. The molecular weight excluding hydrogens is 442 g/mol. The number of carbonyl (C=O) groups excluding carboxylic acids is 2. The van der Waals surface area contributed by atoms with E-state index in [0.717, 1.165) is 41.7 Å². The molecule has 0 bridgehead atoms. The highest BCUT2D eigenvalue weighted by Gasteiger charge is 2.49. The molecule has 3 rings (SSSR count). The lowest BCUT2D eigenvalue weighted by Gasteiger charge is -2.22. The number of halogens is 1.